The highest BCUT2D eigenvalue weighted by Crippen LogP contribution is 2.47. The van der Waals surface area contributed by atoms with Gasteiger partial charge in [-0.25, -0.2) is 4.98 Å². The van der Waals surface area contributed by atoms with E-state index in [0.717, 1.165) is 38.8 Å². The van der Waals surface area contributed by atoms with E-state index in [1.54, 1.807) is 6.08 Å². The van der Waals surface area contributed by atoms with E-state index in [9.17, 15) is 0 Å². The Kier molecular flexibility index (Phi) is 3.24. The normalized spacial score (nSPS) is 13.5. The molecular weight excluding hydrogens is 288 g/mol. The molecule has 0 saturated heterocycles. The Bertz CT molecular complexity index is 756. The molecule has 0 aliphatic carbocycles. The molecule has 20 heavy (non-hydrogen) atoms. The monoisotopic (exact) mass is 299 g/mol. The largest absolute Gasteiger partial charge is 0.654 e. The van der Waals surface area contributed by atoms with Crippen molar-refractivity contribution in [2.24, 2.45) is 0 Å². The van der Waals surface area contributed by atoms with Crippen LogP contribution in [0.25, 0.3) is 22.7 Å². The van der Waals surface area contributed by atoms with Crippen molar-refractivity contribution in [3.8, 4) is 0 Å². The Morgan fingerprint density at radius 1 is 1.40 bits per heavy atom. The number of benzene rings is 1. The summed E-state index contributed by atoms with van der Waals surface area (Å²) in [7, 11) is 0. The zero-order chi connectivity index (χ0) is 14.3. The zero-order valence-electron chi connectivity index (χ0n) is 11.0. The summed E-state index contributed by atoms with van der Waals surface area (Å²) >= 11 is 7.91. The molecule has 2 heterocycles. The second-order valence-corrected chi connectivity index (χ2v) is 5.78. The minimum Gasteiger partial charge on any atom is -0.654 e. The van der Waals surface area contributed by atoms with Gasteiger partial charge in [-0.05, 0) is 29.7 Å². The highest BCUT2D eigenvalue weighted by atomic mass is 35.5. The number of hydrogen-bond acceptors (Lipinski definition) is 2. The van der Waals surface area contributed by atoms with E-state index in [0.29, 0.717) is 5.02 Å². The fourth-order valence-electron chi connectivity index (χ4n) is 2.04. The number of nitrogens with zero attached hydrogens (tertiary/aromatic N) is 2. The van der Waals surface area contributed by atoms with Crippen molar-refractivity contribution in [1.29, 1.82) is 0 Å². The minimum atomic E-state index is 0.676. The van der Waals surface area contributed by atoms with E-state index >= 15 is 0 Å². The van der Waals surface area contributed by atoms with E-state index in [1.807, 2.05) is 30.5 Å². The quantitative estimate of drug-likeness (QED) is 0.686. The predicted molar refractivity (Wildman–Crippen MR) is 88.4 cm³/mol. The van der Waals surface area contributed by atoms with Crippen LogP contribution in [0.3, 0.4) is 0 Å². The molecule has 100 valence electrons. The molecule has 3 rings (SSSR count). The average Bonchev–Trinajstić information content (AvgIpc) is 2.92. The molecule has 1 aliphatic heterocycles. The molecule has 4 heteroatoms. The van der Waals surface area contributed by atoms with Crippen LogP contribution in [-0.2, 0) is 0 Å². The summed E-state index contributed by atoms with van der Waals surface area (Å²) in [6.07, 6.45) is 3.67. The van der Waals surface area contributed by atoms with Gasteiger partial charge in [0.1, 0.15) is 5.01 Å². The number of rotatable bonds is 2. The van der Waals surface area contributed by atoms with E-state index in [1.165, 1.54) is 11.3 Å². The van der Waals surface area contributed by atoms with Gasteiger partial charge in [0, 0.05) is 10.4 Å². The van der Waals surface area contributed by atoms with E-state index in [2.05, 4.69) is 23.5 Å². The maximum atomic E-state index is 6.37. The molecular formula is C16H12ClN2S-. The van der Waals surface area contributed by atoms with Gasteiger partial charge in [-0.1, -0.05) is 48.7 Å². The standard InChI is InChI=1S/C16H12ClN2S/c1-4-11-8-20-16(18-11)13-7-10(3)12-6-5-9(2)14(17)15(12)19-13/h4-8H,1,3H2,2H3/q-1. The SMILES string of the molecule is C=Cc1csc(C2=CC(=C)c3ccc(C)c(Cl)c3[N-]2)n1. The van der Waals surface area contributed by atoms with Gasteiger partial charge in [-0.15, -0.1) is 17.0 Å². The van der Waals surface area contributed by atoms with Gasteiger partial charge in [0.05, 0.1) is 5.69 Å². The van der Waals surface area contributed by atoms with Crippen molar-refractivity contribution in [2.45, 2.75) is 6.92 Å². The molecule has 0 spiro atoms. The number of fused-ring (bicyclic) bond motifs is 1. The first-order valence-electron chi connectivity index (χ1n) is 6.10. The fraction of sp³-hybridized carbons (Fsp3) is 0.0625. The van der Waals surface area contributed by atoms with Crippen molar-refractivity contribution in [1.82, 2.24) is 4.98 Å². The Morgan fingerprint density at radius 2 is 2.20 bits per heavy atom. The van der Waals surface area contributed by atoms with Crippen LogP contribution in [0.1, 0.15) is 21.8 Å². The summed E-state index contributed by atoms with van der Waals surface area (Å²) in [5.74, 6) is 0. The van der Waals surface area contributed by atoms with Crippen LogP contribution in [-0.4, -0.2) is 4.98 Å². The van der Waals surface area contributed by atoms with Gasteiger partial charge in [-0.3, -0.25) is 0 Å². The first-order chi connectivity index (χ1) is 9.60. The number of aromatic nitrogens is 1. The molecule has 0 bridgehead atoms. The summed E-state index contributed by atoms with van der Waals surface area (Å²) in [6.45, 7) is 9.78. The molecule has 0 atom stereocenters. The molecule has 0 unspecified atom stereocenters. The molecule has 0 fully saturated rings. The lowest BCUT2D eigenvalue weighted by molar-refractivity contribution is 1.33. The Labute approximate surface area is 127 Å². The van der Waals surface area contributed by atoms with Gasteiger partial charge < -0.3 is 5.32 Å². The molecule has 1 aromatic carbocycles. The summed E-state index contributed by atoms with van der Waals surface area (Å²) in [4.78, 5) is 4.47. The number of hydrogen-bond donors (Lipinski definition) is 0. The Hall–Kier alpha value is -1.84. The van der Waals surface area contributed by atoms with Crippen LogP contribution >= 0.6 is 22.9 Å². The van der Waals surface area contributed by atoms with E-state index < -0.39 is 0 Å². The number of halogens is 1. The van der Waals surface area contributed by atoms with Crippen LogP contribution in [0.4, 0.5) is 5.69 Å². The lowest BCUT2D eigenvalue weighted by Crippen LogP contribution is -1.95. The van der Waals surface area contributed by atoms with Gasteiger partial charge in [0.15, 0.2) is 0 Å². The van der Waals surface area contributed by atoms with Crippen molar-refractivity contribution < 1.29 is 0 Å². The summed E-state index contributed by atoms with van der Waals surface area (Å²) in [6, 6.07) is 3.99. The second-order valence-electron chi connectivity index (χ2n) is 4.54. The highest BCUT2D eigenvalue weighted by molar-refractivity contribution is 7.11. The minimum absolute atomic E-state index is 0.676. The maximum absolute atomic E-state index is 6.37. The molecule has 0 radical (unpaired) electrons. The van der Waals surface area contributed by atoms with Crippen LogP contribution < -0.4 is 0 Å². The highest BCUT2D eigenvalue weighted by Gasteiger charge is 2.11. The van der Waals surface area contributed by atoms with E-state index in [4.69, 9.17) is 11.6 Å². The first-order valence-corrected chi connectivity index (χ1v) is 7.36. The molecule has 0 saturated carbocycles. The lowest BCUT2D eigenvalue weighted by Gasteiger charge is -2.34. The first kappa shape index (κ1) is 13.2. The van der Waals surface area contributed by atoms with Gasteiger partial charge in [0.25, 0.3) is 0 Å². The zero-order valence-corrected chi connectivity index (χ0v) is 12.6. The summed E-state index contributed by atoms with van der Waals surface area (Å²) in [5.41, 5.74) is 5.33. The molecule has 2 aromatic rings. The number of aryl methyl sites for hydroxylation is 1. The summed E-state index contributed by atoms with van der Waals surface area (Å²) in [5, 5.41) is 8.14. The molecule has 2 nitrogen and oxygen atoms in total. The van der Waals surface area contributed by atoms with Crippen LogP contribution in [0, 0.1) is 6.92 Å². The van der Waals surface area contributed by atoms with Crippen LogP contribution in [0.15, 0.2) is 36.7 Å². The topological polar surface area (TPSA) is 27.0 Å². The molecule has 1 aliphatic rings. The third-order valence-corrected chi connectivity index (χ3v) is 4.51. The fourth-order valence-corrected chi connectivity index (χ4v) is 3.01. The third kappa shape index (κ3) is 2.09. The Balaban J connectivity index is 2.07. The average molecular weight is 300 g/mol. The number of allylic oxidation sites excluding steroid dienone is 2. The molecule has 0 amide bonds. The van der Waals surface area contributed by atoms with Gasteiger partial charge in [-0.2, -0.15) is 0 Å². The Morgan fingerprint density at radius 3 is 2.90 bits per heavy atom. The van der Waals surface area contributed by atoms with Crippen molar-refractivity contribution in [2.75, 3.05) is 0 Å². The summed E-state index contributed by atoms with van der Waals surface area (Å²) < 4.78 is 0. The van der Waals surface area contributed by atoms with Gasteiger partial charge >= 0.3 is 0 Å². The van der Waals surface area contributed by atoms with Crippen molar-refractivity contribution in [3.05, 3.63) is 68.9 Å². The third-order valence-electron chi connectivity index (χ3n) is 3.15. The lowest BCUT2D eigenvalue weighted by atomic mass is 9.99. The van der Waals surface area contributed by atoms with Crippen LogP contribution in [0.5, 0.6) is 0 Å². The van der Waals surface area contributed by atoms with Crippen molar-refractivity contribution >= 4 is 46.0 Å². The molecule has 1 aromatic heterocycles. The van der Waals surface area contributed by atoms with E-state index in [-0.39, 0.29) is 0 Å². The smallest absolute Gasteiger partial charge is 0.102 e. The van der Waals surface area contributed by atoms with Crippen LogP contribution in [0.2, 0.25) is 5.02 Å². The maximum Gasteiger partial charge on any atom is 0.102 e. The molecule has 0 N–H and O–H groups in total. The predicted octanol–water partition coefficient (Wildman–Crippen LogP) is 5.82. The second kappa shape index (κ2) is 4.93. The van der Waals surface area contributed by atoms with Crippen molar-refractivity contribution in [3.63, 3.8) is 0 Å². The van der Waals surface area contributed by atoms with Gasteiger partial charge in [0.2, 0.25) is 0 Å². The number of thiazole rings is 1.